The number of carbonyl (C=O) groups is 2. The SMILES string of the molecule is O=C(NCc1ccccn1)c1ccc(C(=O)N(Cc2ccccc2)NCc2ccccc2)cc1. The summed E-state index contributed by atoms with van der Waals surface area (Å²) < 4.78 is 0. The van der Waals surface area contributed by atoms with Gasteiger partial charge < -0.3 is 5.32 Å². The second-order valence-corrected chi connectivity index (χ2v) is 7.78. The molecule has 0 atom stereocenters. The maximum atomic E-state index is 13.3. The maximum absolute atomic E-state index is 13.3. The topological polar surface area (TPSA) is 74.3 Å². The molecule has 0 aliphatic rings. The van der Waals surface area contributed by atoms with Gasteiger partial charge in [-0.25, -0.2) is 5.43 Å². The van der Waals surface area contributed by atoms with E-state index in [1.165, 1.54) is 0 Å². The maximum Gasteiger partial charge on any atom is 0.268 e. The zero-order chi connectivity index (χ0) is 23.6. The molecule has 6 nitrogen and oxygen atoms in total. The highest BCUT2D eigenvalue weighted by Gasteiger charge is 2.17. The van der Waals surface area contributed by atoms with E-state index >= 15 is 0 Å². The van der Waals surface area contributed by atoms with Gasteiger partial charge >= 0.3 is 0 Å². The summed E-state index contributed by atoms with van der Waals surface area (Å²) in [5.41, 5.74) is 7.11. The Kier molecular flexibility index (Phi) is 7.77. The molecular formula is C28H26N4O2. The molecule has 0 aliphatic heterocycles. The van der Waals surface area contributed by atoms with Gasteiger partial charge in [-0.3, -0.25) is 19.6 Å². The van der Waals surface area contributed by atoms with Crippen LogP contribution >= 0.6 is 0 Å². The average molecular weight is 451 g/mol. The molecule has 0 aliphatic carbocycles. The zero-order valence-corrected chi connectivity index (χ0v) is 18.7. The van der Waals surface area contributed by atoms with Crippen LogP contribution in [0.5, 0.6) is 0 Å². The van der Waals surface area contributed by atoms with E-state index in [1.54, 1.807) is 35.5 Å². The fraction of sp³-hybridized carbons (Fsp3) is 0.107. The van der Waals surface area contributed by atoms with Crippen molar-refractivity contribution in [2.24, 2.45) is 0 Å². The minimum Gasteiger partial charge on any atom is -0.346 e. The number of aromatic nitrogens is 1. The molecule has 0 saturated heterocycles. The minimum atomic E-state index is -0.215. The lowest BCUT2D eigenvalue weighted by Gasteiger charge is -2.24. The molecular weight excluding hydrogens is 424 g/mol. The smallest absolute Gasteiger partial charge is 0.268 e. The molecule has 3 aromatic carbocycles. The number of hydrogen-bond acceptors (Lipinski definition) is 4. The number of benzene rings is 3. The van der Waals surface area contributed by atoms with E-state index in [-0.39, 0.29) is 11.8 Å². The summed E-state index contributed by atoms with van der Waals surface area (Å²) in [4.78, 5) is 30.0. The van der Waals surface area contributed by atoms with E-state index in [0.717, 1.165) is 16.8 Å². The fourth-order valence-corrected chi connectivity index (χ4v) is 3.44. The summed E-state index contributed by atoms with van der Waals surface area (Å²) >= 11 is 0. The van der Waals surface area contributed by atoms with Gasteiger partial charge in [0, 0.05) is 23.9 Å². The number of hydrogen-bond donors (Lipinski definition) is 2. The predicted molar refractivity (Wildman–Crippen MR) is 131 cm³/mol. The number of hydrazine groups is 1. The van der Waals surface area contributed by atoms with Crippen LogP contribution in [0.3, 0.4) is 0 Å². The van der Waals surface area contributed by atoms with E-state index in [4.69, 9.17) is 0 Å². The van der Waals surface area contributed by atoms with Gasteiger partial charge in [0.2, 0.25) is 0 Å². The monoisotopic (exact) mass is 450 g/mol. The lowest BCUT2D eigenvalue weighted by atomic mass is 10.1. The molecule has 0 unspecified atom stereocenters. The lowest BCUT2D eigenvalue weighted by Crippen LogP contribution is -2.41. The number of pyridine rings is 1. The van der Waals surface area contributed by atoms with Crippen LogP contribution in [0, 0.1) is 0 Å². The Morgan fingerprint density at radius 3 is 1.94 bits per heavy atom. The lowest BCUT2D eigenvalue weighted by molar-refractivity contribution is 0.0633. The van der Waals surface area contributed by atoms with Gasteiger partial charge in [0.1, 0.15) is 0 Å². The van der Waals surface area contributed by atoms with Crippen molar-refractivity contribution in [1.29, 1.82) is 0 Å². The summed E-state index contributed by atoms with van der Waals surface area (Å²) in [6, 6.07) is 32.0. The molecule has 1 heterocycles. The predicted octanol–water partition coefficient (Wildman–Crippen LogP) is 4.36. The molecule has 0 fully saturated rings. The van der Waals surface area contributed by atoms with Gasteiger partial charge in [-0.1, -0.05) is 66.7 Å². The van der Waals surface area contributed by atoms with Crippen LogP contribution in [0.15, 0.2) is 109 Å². The normalized spacial score (nSPS) is 10.5. The van der Waals surface area contributed by atoms with Gasteiger partial charge in [0.15, 0.2) is 0 Å². The molecule has 6 heteroatoms. The van der Waals surface area contributed by atoms with Crippen LogP contribution < -0.4 is 10.7 Å². The molecule has 0 spiro atoms. The first-order valence-electron chi connectivity index (χ1n) is 11.1. The molecule has 1 aromatic heterocycles. The molecule has 0 bridgehead atoms. The second-order valence-electron chi connectivity index (χ2n) is 7.78. The molecule has 170 valence electrons. The van der Waals surface area contributed by atoms with Crippen LogP contribution in [0.2, 0.25) is 0 Å². The molecule has 2 N–H and O–H groups in total. The highest BCUT2D eigenvalue weighted by molar-refractivity contribution is 5.97. The Morgan fingerprint density at radius 1 is 0.676 bits per heavy atom. The second kappa shape index (κ2) is 11.5. The third-order valence-electron chi connectivity index (χ3n) is 5.30. The summed E-state index contributed by atoms with van der Waals surface area (Å²) in [6.07, 6.45) is 1.69. The average Bonchev–Trinajstić information content (AvgIpc) is 2.91. The molecule has 0 radical (unpaired) electrons. The van der Waals surface area contributed by atoms with Crippen molar-refractivity contribution in [2.75, 3.05) is 0 Å². The van der Waals surface area contributed by atoms with Crippen LogP contribution in [0.25, 0.3) is 0 Å². The zero-order valence-electron chi connectivity index (χ0n) is 18.7. The van der Waals surface area contributed by atoms with Crippen molar-refractivity contribution >= 4 is 11.8 Å². The number of nitrogens with zero attached hydrogens (tertiary/aromatic N) is 2. The number of carbonyl (C=O) groups excluding carboxylic acids is 2. The van der Waals surface area contributed by atoms with E-state index < -0.39 is 0 Å². The summed E-state index contributed by atoms with van der Waals surface area (Å²) in [6.45, 7) is 1.28. The van der Waals surface area contributed by atoms with Crippen molar-refractivity contribution in [2.45, 2.75) is 19.6 Å². The summed E-state index contributed by atoms with van der Waals surface area (Å²) in [5, 5.41) is 4.46. The molecule has 4 rings (SSSR count). The Balaban J connectivity index is 1.43. The summed E-state index contributed by atoms with van der Waals surface area (Å²) in [5.74, 6) is -0.381. The number of amides is 2. The quantitative estimate of drug-likeness (QED) is 0.372. The van der Waals surface area contributed by atoms with Gasteiger partial charge in [0.25, 0.3) is 11.8 Å². The largest absolute Gasteiger partial charge is 0.346 e. The van der Waals surface area contributed by atoms with Gasteiger partial charge in [-0.15, -0.1) is 0 Å². The van der Waals surface area contributed by atoms with Gasteiger partial charge in [-0.05, 0) is 47.5 Å². The van der Waals surface area contributed by atoms with Crippen molar-refractivity contribution in [3.63, 3.8) is 0 Å². The van der Waals surface area contributed by atoms with E-state index in [9.17, 15) is 9.59 Å². The van der Waals surface area contributed by atoms with Crippen LogP contribution in [0.4, 0.5) is 0 Å². The minimum absolute atomic E-state index is 0.166. The Morgan fingerprint density at radius 2 is 1.29 bits per heavy atom. The first-order chi connectivity index (χ1) is 16.7. The first kappa shape index (κ1) is 22.9. The highest BCUT2D eigenvalue weighted by atomic mass is 16.2. The van der Waals surface area contributed by atoms with E-state index in [1.807, 2.05) is 78.9 Å². The van der Waals surface area contributed by atoms with Gasteiger partial charge in [0.05, 0.1) is 18.8 Å². The van der Waals surface area contributed by atoms with Crippen LogP contribution in [-0.4, -0.2) is 21.8 Å². The van der Waals surface area contributed by atoms with Crippen molar-refractivity contribution in [1.82, 2.24) is 20.7 Å². The van der Waals surface area contributed by atoms with Crippen LogP contribution in [0.1, 0.15) is 37.5 Å². The first-order valence-corrected chi connectivity index (χ1v) is 11.1. The third kappa shape index (κ3) is 6.37. The fourth-order valence-electron chi connectivity index (χ4n) is 3.44. The van der Waals surface area contributed by atoms with Crippen LogP contribution in [-0.2, 0) is 19.6 Å². The third-order valence-corrected chi connectivity index (χ3v) is 5.30. The molecule has 4 aromatic rings. The Labute approximate surface area is 199 Å². The summed E-state index contributed by atoms with van der Waals surface area (Å²) in [7, 11) is 0. The number of nitrogens with one attached hydrogen (secondary N) is 2. The van der Waals surface area contributed by atoms with E-state index in [2.05, 4.69) is 15.7 Å². The standard InChI is InChI=1S/C28H26N4O2/c33-27(30-20-26-13-7-8-18-29-26)24-14-16-25(17-15-24)28(34)32(21-23-11-5-2-6-12-23)31-19-22-9-3-1-4-10-22/h1-18,31H,19-21H2,(H,30,33). The Hall–Kier alpha value is -4.29. The molecule has 34 heavy (non-hydrogen) atoms. The Bertz CT molecular complexity index is 1200. The molecule has 2 amide bonds. The van der Waals surface area contributed by atoms with Crippen molar-refractivity contribution < 1.29 is 9.59 Å². The van der Waals surface area contributed by atoms with E-state index in [0.29, 0.717) is 30.8 Å². The highest BCUT2D eigenvalue weighted by Crippen LogP contribution is 2.11. The van der Waals surface area contributed by atoms with Gasteiger partial charge in [-0.2, -0.15) is 0 Å². The molecule has 0 saturated carbocycles. The van der Waals surface area contributed by atoms with Crippen molar-refractivity contribution in [3.05, 3.63) is 137 Å². The number of rotatable bonds is 9. The van der Waals surface area contributed by atoms with Crippen molar-refractivity contribution in [3.8, 4) is 0 Å².